The zero-order valence-electron chi connectivity index (χ0n) is 13.1. The monoisotopic (exact) mass is 307 g/mol. The first-order chi connectivity index (χ1) is 11.4. The van der Waals surface area contributed by atoms with Crippen molar-refractivity contribution in [1.82, 2.24) is 4.98 Å². The Morgan fingerprint density at radius 2 is 1.43 bits per heavy atom. The third kappa shape index (κ3) is 3.88. The highest BCUT2D eigenvalue weighted by atomic mass is 16.4. The van der Waals surface area contributed by atoms with E-state index in [-0.39, 0.29) is 6.61 Å². The minimum atomic E-state index is 0.246. The molecule has 3 heteroatoms. The molecule has 0 saturated carbocycles. The van der Waals surface area contributed by atoms with Crippen molar-refractivity contribution in [2.75, 3.05) is 6.61 Å². The van der Waals surface area contributed by atoms with Crippen LogP contribution < -0.4 is 0 Å². The molecule has 3 aromatic rings. The van der Waals surface area contributed by atoms with Crippen molar-refractivity contribution in [3.63, 3.8) is 0 Å². The van der Waals surface area contributed by atoms with Crippen LogP contribution in [0.3, 0.4) is 0 Å². The number of aliphatic hydroxyl groups excluding tert-OH is 1. The first-order valence-electron chi connectivity index (χ1n) is 8.10. The Morgan fingerprint density at radius 1 is 0.783 bits per heavy atom. The Kier molecular flexibility index (Phi) is 5.22. The van der Waals surface area contributed by atoms with Gasteiger partial charge in [-0.1, -0.05) is 67.1 Å². The molecular formula is C20H21NO2. The molecule has 1 heterocycles. The molecule has 0 saturated heterocycles. The van der Waals surface area contributed by atoms with Gasteiger partial charge in [-0.15, -0.1) is 0 Å². The second-order valence-corrected chi connectivity index (χ2v) is 5.55. The van der Waals surface area contributed by atoms with Gasteiger partial charge < -0.3 is 9.52 Å². The van der Waals surface area contributed by atoms with Crippen LogP contribution in [0.4, 0.5) is 0 Å². The molecule has 0 aliphatic carbocycles. The number of benzene rings is 2. The van der Waals surface area contributed by atoms with Gasteiger partial charge in [-0.3, -0.25) is 0 Å². The topological polar surface area (TPSA) is 46.3 Å². The lowest BCUT2D eigenvalue weighted by molar-refractivity contribution is 0.282. The SMILES string of the molecule is OCCCCCc1nc(-c2ccccc2)c(-c2ccccc2)o1. The van der Waals surface area contributed by atoms with E-state index >= 15 is 0 Å². The molecule has 118 valence electrons. The molecule has 0 bridgehead atoms. The number of unbranched alkanes of at least 4 members (excludes halogenated alkanes) is 2. The average molecular weight is 307 g/mol. The molecule has 0 unspecified atom stereocenters. The smallest absolute Gasteiger partial charge is 0.195 e. The normalized spacial score (nSPS) is 10.8. The van der Waals surface area contributed by atoms with E-state index in [4.69, 9.17) is 14.5 Å². The summed E-state index contributed by atoms with van der Waals surface area (Å²) >= 11 is 0. The fraction of sp³-hybridized carbons (Fsp3) is 0.250. The molecule has 3 rings (SSSR count). The molecule has 1 aromatic heterocycles. The zero-order chi connectivity index (χ0) is 15.9. The molecule has 0 atom stereocenters. The molecule has 0 fully saturated rings. The van der Waals surface area contributed by atoms with Gasteiger partial charge in [0.2, 0.25) is 0 Å². The quantitative estimate of drug-likeness (QED) is 0.643. The van der Waals surface area contributed by atoms with Crippen LogP contribution in [0, 0.1) is 0 Å². The minimum absolute atomic E-state index is 0.246. The van der Waals surface area contributed by atoms with E-state index in [2.05, 4.69) is 12.1 Å². The summed E-state index contributed by atoms with van der Waals surface area (Å²) in [6.07, 6.45) is 3.59. The van der Waals surface area contributed by atoms with E-state index in [1.54, 1.807) is 0 Å². The van der Waals surface area contributed by atoms with Crippen LogP contribution in [0.5, 0.6) is 0 Å². The summed E-state index contributed by atoms with van der Waals surface area (Å²) in [7, 11) is 0. The molecule has 0 aliphatic heterocycles. The molecule has 0 radical (unpaired) electrons. The van der Waals surface area contributed by atoms with E-state index in [1.165, 1.54) is 0 Å². The lowest BCUT2D eigenvalue weighted by Crippen LogP contribution is -1.88. The second kappa shape index (κ2) is 7.75. The van der Waals surface area contributed by atoms with Crippen molar-refractivity contribution in [2.45, 2.75) is 25.7 Å². The maximum atomic E-state index is 8.87. The van der Waals surface area contributed by atoms with Crippen LogP contribution in [-0.4, -0.2) is 16.7 Å². The molecule has 23 heavy (non-hydrogen) atoms. The van der Waals surface area contributed by atoms with Gasteiger partial charge in [-0.25, -0.2) is 4.98 Å². The molecule has 0 spiro atoms. The highest BCUT2D eigenvalue weighted by Gasteiger charge is 2.16. The van der Waals surface area contributed by atoms with Crippen molar-refractivity contribution in [1.29, 1.82) is 0 Å². The molecule has 3 nitrogen and oxygen atoms in total. The minimum Gasteiger partial charge on any atom is -0.440 e. The predicted octanol–water partition coefficient (Wildman–Crippen LogP) is 4.71. The van der Waals surface area contributed by atoms with Gasteiger partial charge in [0.05, 0.1) is 0 Å². The molecule has 2 aromatic carbocycles. The Hall–Kier alpha value is -2.39. The number of aliphatic hydroxyl groups is 1. The molecule has 0 aliphatic rings. The fourth-order valence-corrected chi connectivity index (χ4v) is 2.61. The van der Waals surface area contributed by atoms with Gasteiger partial charge >= 0.3 is 0 Å². The predicted molar refractivity (Wildman–Crippen MR) is 92.0 cm³/mol. The van der Waals surface area contributed by atoms with Gasteiger partial charge in [-0.05, 0) is 12.8 Å². The van der Waals surface area contributed by atoms with E-state index in [0.29, 0.717) is 0 Å². The third-order valence-electron chi connectivity index (χ3n) is 3.80. The van der Waals surface area contributed by atoms with E-state index in [1.807, 2.05) is 48.5 Å². The van der Waals surface area contributed by atoms with Crippen LogP contribution in [-0.2, 0) is 6.42 Å². The van der Waals surface area contributed by atoms with Crippen LogP contribution in [0.25, 0.3) is 22.6 Å². The summed E-state index contributed by atoms with van der Waals surface area (Å²) in [5.41, 5.74) is 3.01. The van der Waals surface area contributed by atoms with E-state index in [9.17, 15) is 0 Å². The fourth-order valence-electron chi connectivity index (χ4n) is 2.61. The van der Waals surface area contributed by atoms with E-state index < -0.39 is 0 Å². The molecular weight excluding hydrogens is 286 g/mol. The summed E-state index contributed by atoms with van der Waals surface area (Å²) in [5.74, 6) is 1.59. The van der Waals surface area contributed by atoms with Gasteiger partial charge in [0.25, 0.3) is 0 Å². The molecule has 1 N–H and O–H groups in total. The number of hydrogen-bond donors (Lipinski definition) is 1. The summed E-state index contributed by atoms with van der Waals surface area (Å²) in [6, 6.07) is 20.2. The Labute approximate surface area is 136 Å². The van der Waals surface area contributed by atoms with Gasteiger partial charge in [0.15, 0.2) is 11.7 Å². The lowest BCUT2D eigenvalue weighted by atomic mass is 10.1. The van der Waals surface area contributed by atoms with Crippen molar-refractivity contribution >= 4 is 0 Å². The average Bonchev–Trinajstić information content (AvgIpc) is 3.05. The number of aromatic nitrogens is 1. The highest BCUT2D eigenvalue weighted by molar-refractivity contribution is 5.76. The third-order valence-corrected chi connectivity index (χ3v) is 3.80. The van der Waals surface area contributed by atoms with Gasteiger partial charge in [0, 0.05) is 24.2 Å². The van der Waals surface area contributed by atoms with Gasteiger partial charge in [0.1, 0.15) is 5.69 Å². The largest absolute Gasteiger partial charge is 0.440 e. The van der Waals surface area contributed by atoms with Crippen molar-refractivity contribution in [3.8, 4) is 22.6 Å². The van der Waals surface area contributed by atoms with Crippen molar-refractivity contribution in [2.24, 2.45) is 0 Å². The summed E-state index contributed by atoms with van der Waals surface area (Å²) < 4.78 is 6.06. The van der Waals surface area contributed by atoms with Gasteiger partial charge in [-0.2, -0.15) is 0 Å². The number of rotatable bonds is 7. The number of aryl methyl sites for hydroxylation is 1. The van der Waals surface area contributed by atoms with Crippen LogP contribution in [0.1, 0.15) is 25.2 Å². The first kappa shape index (κ1) is 15.5. The molecule has 0 amide bonds. The number of oxazole rings is 1. The second-order valence-electron chi connectivity index (χ2n) is 5.55. The van der Waals surface area contributed by atoms with Crippen LogP contribution >= 0.6 is 0 Å². The maximum absolute atomic E-state index is 8.87. The van der Waals surface area contributed by atoms with Crippen LogP contribution in [0.2, 0.25) is 0 Å². The summed E-state index contributed by atoms with van der Waals surface area (Å²) in [4.78, 5) is 4.73. The lowest BCUT2D eigenvalue weighted by Gasteiger charge is -2.00. The maximum Gasteiger partial charge on any atom is 0.195 e. The Morgan fingerprint density at radius 3 is 2.09 bits per heavy atom. The number of nitrogens with zero attached hydrogens (tertiary/aromatic N) is 1. The summed E-state index contributed by atoms with van der Waals surface area (Å²) in [5, 5.41) is 8.87. The highest BCUT2D eigenvalue weighted by Crippen LogP contribution is 2.32. The zero-order valence-corrected chi connectivity index (χ0v) is 13.1. The van der Waals surface area contributed by atoms with E-state index in [0.717, 1.165) is 54.2 Å². The van der Waals surface area contributed by atoms with Crippen molar-refractivity contribution < 1.29 is 9.52 Å². The number of hydrogen-bond acceptors (Lipinski definition) is 3. The standard InChI is InChI=1S/C20H21NO2/c22-15-9-3-8-14-18-21-19(16-10-4-1-5-11-16)20(23-18)17-12-6-2-7-13-17/h1-2,4-7,10-13,22H,3,8-9,14-15H2. The van der Waals surface area contributed by atoms with Crippen molar-refractivity contribution in [3.05, 3.63) is 66.6 Å². The Bertz CT molecular complexity index is 663. The first-order valence-corrected chi connectivity index (χ1v) is 8.10. The summed E-state index contributed by atoms with van der Waals surface area (Å²) in [6.45, 7) is 0.246. The van der Waals surface area contributed by atoms with Crippen LogP contribution in [0.15, 0.2) is 65.1 Å². The Balaban J connectivity index is 1.91.